The third-order valence-electron chi connectivity index (χ3n) is 5.80. The Balaban J connectivity index is 1.65. The van der Waals surface area contributed by atoms with E-state index in [1.807, 2.05) is 43.3 Å². The van der Waals surface area contributed by atoms with E-state index in [1.165, 1.54) is 4.80 Å². The zero-order valence-corrected chi connectivity index (χ0v) is 20.0. The summed E-state index contributed by atoms with van der Waals surface area (Å²) in [5.74, 6) is 1.23. The quantitative estimate of drug-likeness (QED) is 0.531. The van der Waals surface area contributed by atoms with Crippen molar-refractivity contribution in [3.8, 4) is 17.1 Å². The molecule has 4 rings (SSSR count). The van der Waals surface area contributed by atoms with E-state index in [2.05, 4.69) is 41.1 Å². The molecule has 0 N–H and O–H groups in total. The van der Waals surface area contributed by atoms with Crippen molar-refractivity contribution in [3.05, 3.63) is 53.1 Å². The number of aryl methyl sites for hydroxylation is 1. The Morgan fingerprint density at radius 1 is 1.12 bits per heavy atom. The van der Waals surface area contributed by atoms with Crippen LogP contribution in [0.15, 0.2) is 36.4 Å². The number of ether oxygens (including phenoxy) is 2. The fourth-order valence-electron chi connectivity index (χ4n) is 3.93. The van der Waals surface area contributed by atoms with Crippen LogP contribution in [0.2, 0.25) is 0 Å². The summed E-state index contributed by atoms with van der Waals surface area (Å²) in [5, 5.41) is 12.6. The van der Waals surface area contributed by atoms with Crippen molar-refractivity contribution in [2.75, 3.05) is 38.3 Å². The lowest BCUT2D eigenvalue weighted by Gasteiger charge is -2.33. The Bertz CT molecular complexity index is 1130. The number of hydrogen-bond acceptors (Lipinski definition) is 7. The first-order valence-corrected chi connectivity index (χ1v) is 11.2. The van der Waals surface area contributed by atoms with Crippen molar-refractivity contribution in [2.24, 2.45) is 0 Å². The van der Waals surface area contributed by atoms with Gasteiger partial charge in [-0.1, -0.05) is 50.6 Å². The predicted octanol–water partition coefficient (Wildman–Crippen LogP) is 3.67. The Kier molecular flexibility index (Phi) is 6.47. The van der Waals surface area contributed by atoms with Gasteiger partial charge in [-0.05, 0) is 29.7 Å². The molecular formula is C25H31N5O3. The van der Waals surface area contributed by atoms with E-state index >= 15 is 0 Å². The first kappa shape index (κ1) is 22.9. The van der Waals surface area contributed by atoms with Crippen LogP contribution in [0, 0.1) is 6.92 Å². The van der Waals surface area contributed by atoms with Crippen molar-refractivity contribution in [1.29, 1.82) is 0 Å². The Morgan fingerprint density at radius 3 is 2.45 bits per heavy atom. The molecule has 0 unspecified atom stereocenters. The second-order valence-electron chi connectivity index (χ2n) is 9.36. The van der Waals surface area contributed by atoms with E-state index in [0.717, 1.165) is 41.2 Å². The molecule has 0 aliphatic carbocycles. The molecule has 0 amide bonds. The number of benzene rings is 2. The summed E-state index contributed by atoms with van der Waals surface area (Å²) in [7, 11) is 1.68. The highest BCUT2D eigenvalue weighted by atomic mass is 16.5. The van der Waals surface area contributed by atoms with Gasteiger partial charge in [0.15, 0.2) is 5.78 Å². The highest BCUT2D eigenvalue weighted by Crippen LogP contribution is 2.40. The first-order chi connectivity index (χ1) is 15.8. The number of ketones is 1. The fraction of sp³-hybridized carbons (Fsp3) is 0.440. The lowest BCUT2D eigenvalue weighted by molar-refractivity contribution is 0.0961. The maximum absolute atomic E-state index is 13.3. The largest absolute Gasteiger partial charge is 0.494 e. The lowest BCUT2D eigenvalue weighted by atomic mass is 9.84. The van der Waals surface area contributed by atoms with Gasteiger partial charge in [-0.3, -0.25) is 4.79 Å². The molecule has 1 aliphatic heterocycles. The Labute approximate surface area is 194 Å². The lowest BCUT2D eigenvalue weighted by Crippen LogP contribution is -2.37. The number of tetrazole rings is 1. The third-order valence-corrected chi connectivity index (χ3v) is 5.80. The molecule has 3 aromatic rings. The Hall–Kier alpha value is -3.26. The topological polar surface area (TPSA) is 82.4 Å². The third kappa shape index (κ3) is 5.06. The smallest absolute Gasteiger partial charge is 0.204 e. The normalized spacial score (nSPS) is 14.4. The summed E-state index contributed by atoms with van der Waals surface area (Å²) < 4.78 is 11.4. The highest BCUT2D eigenvalue weighted by Gasteiger charge is 2.27. The first-order valence-electron chi connectivity index (χ1n) is 11.2. The summed E-state index contributed by atoms with van der Waals surface area (Å²) in [6, 6.07) is 11.8. The van der Waals surface area contributed by atoms with Crippen LogP contribution in [0.4, 0.5) is 5.69 Å². The van der Waals surface area contributed by atoms with Crippen LogP contribution in [-0.2, 0) is 16.7 Å². The molecule has 174 valence electrons. The molecule has 1 aromatic heterocycles. The minimum absolute atomic E-state index is 0.0112. The molecule has 8 nitrogen and oxygen atoms in total. The molecule has 0 atom stereocenters. The Morgan fingerprint density at radius 2 is 1.82 bits per heavy atom. The zero-order valence-electron chi connectivity index (χ0n) is 20.0. The SMILES string of the molecule is COc1c(N2CCOCC2)cc(C(=O)Cn2nnc(-c3ccc(C)cc3)n2)cc1C(C)(C)C. The van der Waals surface area contributed by atoms with E-state index in [9.17, 15) is 4.79 Å². The van der Waals surface area contributed by atoms with Crippen LogP contribution < -0.4 is 9.64 Å². The van der Waals surface area contributed by atoms with Crippen molar-refractivity contribution in [3.63, 3.8) is 0 Å². The monoisotopic (exact) mass is 449 g/mol. The fourth-order valence-corrected chi connectivity index (χ4v) is 3.93. The number of nitrogens with zero attached hydrogens (tertiary/aromatic N) is 5. The second-order valence-corrected chi connectivity index (χ2v) is 9.36. The van der Waals surface area contributed by atoms with Gasteiger partial charge in [-0.15, -0.1) is 10.2 Å². The highest BCUT2D eigenvalue weighted by molar-refractivity contribution is 5.97. The number of rotatable bonds is 6. The number of carbonyl (C=O) groups excluding carboxylic acids is 1. The second kappa shape index (κ2) is 9.31. The molecular weight excluding hydrogens is 418 g/mol. The van der Waals surface area contributed by atoms with Crippen molar-refractivity contribution >= 4 is 11.5 Å². The van der Waals surface area contributed by atoms with Crippen molar-refractivity contribution in [1.82, 2.24) is 20.2 Å². The number of morpholine rings is 1. The molecule has 2 heterocycles. The number of aromatic nitrogens is 4. The number of hydrogen-bond donors (Lipinski definition) is 0. The molecule has 0 bridgehead atoms. The number of methoxy groups -OCH3 is 1. The van der Waals surface area contributed by atoms with E-state index < -0.39 is 0 Å². The summed E-state index contributed by atoms with van der Waals surface area (Å²) >= 11 is 0. The van der Waals surface area contributed by atoms with Crippen LogP contribution in [-0.4, -0.2) is 59.4 Å². The molecule has 1 saturated heterocycles. The summed E-state index contributed by atoms with van der Waals surface area (Å²) in [5.41, 5.74) is 4.34. The average Bonchev–Trinajstić information content (AvgIpc) is 3.27. The van der Waals surface area contributed by atoms with Gasteiger partial charge in [0, 0.05) is 29.8 Å². The minimum Gasteiger partial charge on any atom is -0.494 e. The molecule has 0 saturated carbocycles. The van der Waals surface area contributed by atoms with E-state index in [1.54, 1.807) is 7.11 Å². The van der Waals surface area contributed by atoms with E-state index in [-0.39, 0.29) is 17.7 Å². The van der Waals surface area contributed by atoms with E-state index in [4.69, 9.17) is 9.47 Å². The predicted molar refractivity (Wildman–Crippen MR) is 127 cm³/mol. The summed E-state index contributed by atoms with van der Waals surface area (Å²) in [6.45, 7) is 11.2. The maximum Gasteiger partial charge on any atom is 0.204 e. The summed E-state index contributed by atoms with van der Waals surface area (Å²) in [4.78, 5) is 16.9. The van der Waals surface area contributed by atoms with Gasteiger partial charge in [0.2, 0.25) is 5.82 Å². The van der Waals surface area contributed by atoms with Crippen LogP contribution in [0.5, 0.6) is 5.75 Å². The van der Waals surface area contributed by atoms with Gasteiger partial charge in [0.1, 0.15) is 12.3 Å². The standard InChI is InChI=1S/C25H31N5O3/c1-17-6-8-18(9-7-17)24-26-28-30(27-24)16-22(31)19-14-20(25(2,3)4)23(32-5)21(15-19)29-10-12-33-13-11-29/h6-9,14-15H,10-13,16H2,1-5H3. The van der Waals surface area contributed by atoms with Gasteiger partial charge in [-0.25, -0.2) is 0 Å². The van der Waals surface area contributed by atoms with Gasteiger partial charge in [0.05, 0.1) is 26.0 Å². The van der Waals surface area contributed by atoms with Gasteiger partial charge in [0.25, 0.3) is 0 Å². The number of anilines is 1. The average molecular weight is 450 g/mol. The van der Waals surface area contributed by atoms with Crippen LogP contribution in [0.25, 0.3) is 11.4 Å². The molecule has 0 spiro atoms. The van der Waals surface area contributed by atoms with Gasteiger partial charge in [-0.2, -0.15) is 4.80 Å². The molecule has 8 heteroatoms. The molecule has 33 heavy (non-hydrogen) atoms. The van der Waals surface area contributed by atoms with Crippen molar-refractivity contribution < 1.29 is 14.3 Å². The maximum atomic E-state index is 13.3. The molecule has 0 radical (unpaired) electrons. The zero-order chi connectivity index (χ0) is 23.6. The molecule has 1 aliphatic rings. The summed E-state index contributed by atoms with van der Waals surface area (Å²) in [6.07, 6.45) is 0. The van der Waals surface area contributed by atoms with Crippen molar-refractivity contribution in [2.45, 2.75) is 39.7 Å². The van der Waals surface area contributed by atoms with Crippen LogP contribution in [0.1, 0.15) is 42.3 Å². The minimum atomic E-state index is -0.202. The van der Waals surface area contributed by atoms with Gasteiger partial charge < -0.3 is 14.4 Å². The van der Waals surface area contributed by atoms with E-state index in [0.29, 0.717) is 24.6 Å². The molecule has 2 aromatic carbocycles. The number of Topliss-reactive ketones (excluding diaryl/α,β-unsaturated/α-hetero) is 1. The number of carbonyl (C=O) groups is 1. The van der Waals surface area contributed by atoms with Gasteiger partial charge >= 0.3 is 0 Å². The van der Waals surface area contributed by atoms with Crippen LogP contribution >= 0.6 is 0 Å². The molecule has 1 fully saturated rings. The van der Waals surface area contributed by atoms with Crippen LogP contribution in [0.3, 0.4) is 0 Å².